The maximum atomic E-state index is 13.3. The number of morpholine rings is 1. The number of thiazole rings is 1. The predicted molar refractivity (Wildman–Crippen MR) is 135 cm³/mol. The summed E-state index contributed by atoms with van der Waals surface area (Å²) in [6, 6.07) is 11.3. The summed E-state index contributed by atoms with van der Waals surface area (Å²) in [6.45, 7) is 7.31. The van der Waals surface area contributed by atoms with Gasteiger partial charge in [0.25, 0.3) is 5.91 Å². The summed E-state index contributed by atoms with van der Waals surface area (Å²) in [7, 11) is 0. The Morgan fingerprint density at radius 3 is 2.77 bits per heavy atom. The second-order valence-corrected chi connectivity index (χ2v) is 9.51. The smallest absolute Gasteiger partial charge is 0.261 e. The number of aromatic nitrogens is 4. The molecule has 1 amide bonds. The van der Waals surface area contributed by atoms with Crippen molar-refractivity contribution in [2.45, 2.75) is 32.9 Å². The topological polar surface area (TPSA) is 117 Å². The third-order valence-electron chi connectivity index (χ3n) is 5.83. The van der Waals surface area contributed by atoms with Gasteiger partial charge in [-0.1, -0.05) is 23.5 Å². The SMILES string of the molecule is Cc1cc(N2CC(C)OCC2C)c(C(=O)Nc2nc3ncc(-c4ccc(C#N)cc4)nc3s2)cn1. The molecule has 2 atom stereocenters. The Hall–Kier alpha value is -3.94. The second kappa shape index (κ2) is 9.37. The number of fused-ring (bicyclic) bond motifs is 1. The number of pyridine rings is 1. The van der Waals surface area contributed by atoms with E-state index in [9.17, 15) is 4.79 Å². The number of aryl methyl sites for hydroxylation is 1. The summed E-state index contributed by atoms with van der Waals surface area (Å²) in [4.78, 5) is 34.0. The van der Waals surface area contributed by atoms with Crippen molar-refractivity contribution in [3.05, 3.63) is 59.5 Å². The van der Waals surface area contributed by atoms with Gasteiger partial charge in [0.1, 0.15) is 0 Å². The van der Waals surface area contributed by atoms with Crippen LogP contribution in [0, 0.1) is 18.3 Å². The summed E-state index contributed by atoms with van der Waals surface area (Å²) < 4.78 is 5.76. The minimum Gasteiger partial charge on any atom is -0.375 e. The third kappa shape index (κ3) is 4.69. The molecule has 1 saturated heterocycles. The van der Waals surface area contributed by atoms with Crippen LogP contribution in [0.2, 0.25) is 0 Å². The first-order valence-electron chi connectivity index (χ1n) is 11.2. The van der Waals surface area contributed by atoms with E-state index >= 15 is 0 Å². The van der Waals surface area contributed by atoms with Gasteiger partial charge in [0.15, 0.2) is 15.6 Å². The fourth-order valence-corrected chi connectivity index (χ4v) is 4.78. The predicted octanol–water partition coefficient (Wildman–Crippen LogP) is 4.19. The van der Waals surface area contributed by atoms with E-state index in [2.05, 4.69) is 43.1 Å². The van der Waals surface area contributed by atoms with Crippen LogP contribution in [-0.4, -0.2) is 51.1 Å². The molecule has 4 heterocycles. The van der Waals surface area contributed by atoms with Gasteiger partial charge in [-0.25, -0.2) is 9.97 Å². The Kier molecular flexibility index (Phi) is 6.11. The Bertz CT molecular complexity index is 1440. The molecule has 0 bridgehead atoms. The number of carbonyl (C=O) groups is 1. The number of nitriles is 1. The van der Waals surface area contributed by atoms with Crippen LogP contribution in [0.3, 0.4) is 0 Å². The summed E-state index contributed by atoms with van der Waals surface area (Å²) in [5.41, 5.74) is 4.71. The molecule has 0 spiro atoms. The molecule has 3 aromatic heterocycles. The first-order valence-corrected chi connectivity index (χ1v) is 12.0. The van der Waals surface area contributed by atoms with Gasteiger partial charge in [-0.05, 0) is 39.0 Å². The lowest BCUT2D eigenvalue weighted by Gasteiger charge is -2.39. The van der Waals surface area contributed by atoms with Crippen LogP contribution in [0.5, 0.6) is 0 Å². The van der Waals surface area contributed by atoms with E-state index in [4.69, 9.17) is 10.00 Å². The van der Waals surface area contributed by atoms with Crippen molar-refractivity contribution in [1.29, 1.82) is 5.26 Å². The highest BCUT2D eigenvalue weighted by Crippen LogP contribution is 2.29. The van der Waals surface area contributed by atoms with Crippen molar-refractivity contribution >= 4 is 38.5 Å². The minimum absolute atomic E-state index is 0.0716. The van der Waals surface area contributed by atoms with Crippen LogP contribution < -0.4 is 10.2 Å². The highest BCUT2D eigenvalue weighted by molar-refractivity contribution is 7.21. The van der Waals surface area contributed by atoms with Crippen LogP contribution in [0.1, 0.15) is 35.5 Å². The summed E-state index contributed by atoms with van der Waals surface area (Å²) in [6.07, 6.45) is 3.32. The van der Waals surface area contributed by atoms with E-state index in [1.54, 1.807) is 24.5 Å². The third-order valence-corrected chi connectivity index (χ3v) is 6.69. The monoisotopic (exact) mass is 485 g/mol. The van der Waals surface area contributed by atoms with Crippen molar-refractivity contribution in [3.8, 4) is 17.3 Å². The number of hydrogen-bond acceptors (Lipinski definition) is 9. The Morgan fingerprint density at radius 1 is 1.20 bits per heavy atom. The average Bonchev–Trinajstić information content (AvgIpc) is 3.26. The van der Waals surface area contributed by atoms with E-state index in [-0.39, 0.29) is 18.1 Å². The van der Waals surface area contributed by atoms with Gasteiger partial charge in [-0.2, -0.15) is 10.2 Å². The van der Waals surface area contributed by atoms with E-state index in [1.807, 2.05) is 32.0 Å². The molecule has 0 saturated carbocycles. The van der Waals surface area contributed by atoms with Crippen LogP contribution in [0.15, 0.2) is 42.7 Å². The zero-order valence-electron chi connectivity index (χ0n) is 19.5. The standard InChI is InChI=1S/C25H23N7O2S/c1-14-8-21(32-12-16(3)34-13-15(32)2)19(10-27-14)23(33)31-25-30-22-24(35-25)29-20(11-28-22)18-6-4-17(9-26)5-7-18/h4-8,10-11,15-16H,12-13H2,1-3H3,(H,28,30,31,33). The van der Waals surface area contributed by atoms with Gasteiger partial charge in [0.2, 0.25) is 0 Å². The lowest BCUT2D eigenvalue weighted by molar-refractivity contribution is 0.0343. The van der Waals surface area contributed by atoms with Gasteiger partial charge in [0.05, 0.1) is 47.5 Å². The molecule has 1 aromatic carbocycles. The van der Waals surface area contributed by atoms with Crippen molar-refractivity contribution in [1.82, 2.24) is 19.9 Å². The highest BCUT2D eigenvalue weighted by Gasteiger charge is 2.28. The molecule has 176 valence electrons. The summed E-state index contributed by atoms with van der Waals surface area (Å²) >= 11 is 1.26. The largest absolute Gasteiger partial charge is 0.375 e. The van der Waals surface area contributed by atoms with Crippen LogP contribution >= 0.6 is 11.3 Å². The number of carbonyl (C=O) groups excluding carboxylic acids is 1. The second-order valence-electron chi connectivity index (χ2n) is 8.53. The van der Waals surface area contributed by atoms with Gasteiger partial charge >= 0.3 is 0 Å². The quantitative estimate of drug-likeness (QED) is 0.457. The molecular weight excluding hydrogens is 462 g/mol. The number of anilines is 2. The van der Waals surface area contributed by atoms with Crippen molar-refractivity contribution in [2.75, 3.05) is 23.4 Å². The minimum atomic E-state index is -0.287. The molecule has 1 fully saturated rings. The number of ether oxygens (including phenoxy) is 1. The number of amides is 1. The van der Waals surface area contributed by atoms with E-state index < -0.39 is 0 Å². The molecule has 2 unspecified atom stereocenters. The van der Waals surface area contributed by atoms with Crippen LogP contribution in [0.25, 0.3) is 21.7 Å². The summed E-state index contributed by atoms with van der Waals surface area (Å²) in [5.74, 6) is -0.287. The molecule has 4 aromatic rings. The normalized spacial score (nSPS) is 17.8. The Balaban J connectivity index is 1.41. The van der Waals surface area contributed by atoms with Gasteiger partial charge in [-0.15, -0.1) is 0 Å². The highest BCUT2D eigenvalue weighted by atomic mass is 32.1. The molecule has 9 nitrogen and oxygen atoms in total. The molecule has 5 rings (SSSR count). The fraction of sp³-hybridized carbons (Fsp3) is 0.280. The Labute approximate surface area is 206 Å². The number of nitrogens with one attached hydrogen (secondary N) is 1. The summed E-state index contributed by atoms with van der Waals surface area (Å²) in [5, 5.41) is 12.3. The van der Waals surface area contributed by atoms with Crippen LogP contribution in [0.4, 0.5) is 10.8 Å². The van der Waals surface area contributed by atoms with E-state index in [0.29, 0.717) is 45.6 Å². The number of hydrogen-bond donors (Lipinski definition) is 1. The molecule has 1 aliphatic rings. The maximum absolute atomic E-state index is 13.3. The zero-order chi connectivity index (χ0) is 24.5. The van der Waals surface area contributed by atoms with Crippen molar-refractivity contribution < 1.29 is 9.53 Å². The van der Waals surface area contributed by atoms with Crippen molar-refractivity contribution in [2.24, 2.45) is 0 Å². The molecule has 0 aliphatic carbocycles. The maximum Gasteiger partial charge on any atom is 0.261 e. The van der Waals surface area contributed by atoms with Gasteiger partial charge < -0.3 is 9.64 Å². The molecular formula is C25H23N7O2S. The molecule has 10 heteroatoms. The first kappa shape index (κ1) is 22.8. The number of rotatable bonds is 4. The lowest BCUT2D eigenvalue weighted by Crippen LogP contribution is -2.48. The fourth-order valence-electron chi connectivity index (χ4n) is 3.99. The van der Waals surface area contributed by atoms with Crippen molar-refractivity contribution in [3.63, 3.8) is 0 Å². The average molecular weight is 486 g/mol. The van der Waals surface area contributed by atoms with Gasteiger partial charge in [-0.3, -0.25) is 15.1 Å². The van der Waals surface area contributed by atoms with Crippen LogP contribution in [-0.2, 0) is 4.74 Å². The van der Waals surface area contributed by atoms with Gasteiger partial charge in [0, 0.05) is 30.0 Å². The number of nitrogens with zero attached hydrogens (tertiary/aromatic N) is 6. The number of benzene rings is 1. The zero-order valence-corrected chi connectivity index (χ0v) is 20.3. The van der Waals surface area contributed by atoms with E-state index in [1.165, 1.54) is 11.3 Å². The first-order chi connectivity index (χ1) is 16.9. The molecule has 1 aliphatic heterocycles. The molecule has 0 radical (unpaired) electrons. The molecule has 35 heavy (non-hydrogen) atoms. The molecule has 1 N–H and O–H groups in total. The van der Waals surface area contributed by atoms with E-state index in [0.717, 1.165) is 16.9 Å². The lowest BCUT2D eigenvalue weighted by atomic mass is 10.1. The Morgan fingerprint density at radius 2 is 2.00 bits per heavy atom.